The molecule has 0 saturated carbocycles. The van der Waals surface area contributed by atoms with E-state index in [-0.39, 0.29) is 5.56 Å². The fourth-order valence-electron chi connectivity index (χ4n) is 1.97. The van der Waals surface area contributed by atoms with Crippen molar-refractivity contribution in [1.82, 2.24) is 14.5 Å². The normalized spacial score (nSPS) is 11.3. The van der Waals surface area contributed by atoms with Gasteiger partial charge in [-0.05, 0) is 39.2 Å². The summed E-state index contributed by atoms with van der Waals surface area (Å²) in [5.74, 6) is -0.00761. The first-order valence-corrected chi connectivity index (χ1v) is 5.84. The molecule has 0 bridgehead atoms. The predicted octanol–water partition coefficient (Wildman–Crippen LogP) is 1.60. The monoisotopic (exact) mass is 247 g/mol. The highest BCUT2D eigenvalue weighted by Crippen LogP contribution is 2.17. The van der Waals surface area contributed by atoms with Crippen molar-refractivity contribution in [3.05, 3.63) is 29.6 Å². The van der Waals surface area contributed by atoms with E-state index >= 15 is 0 Å². The van der Waals surface area contributed by atoms with E-state index in [1.54, 1.807) is 12.1 Å². The van der Waals surface area contributed by atoms with Crippen LogP contribution in [0.2, 0.25) is 0 Å². The van der Waals surface area contributed by atoms with Gasteiger partial charge in [0.1, 0.15) is 5.82 Å². The Morgan fingerprint density at radius 2 is 2.17 bits per heavy atom. The lowest BCUT2D eigenvalue weighted by Gasteiger charge is -2.12. The number of hydrogen-bond acceptors (Lipinski definition) is 3. The van der Waals surface area contributed by atoms with Crippen LogP contribution in [0.4, 0.5) is 0 Å². The molecular weight excluding hydrogens is 230 g/mol. The molecule has 0 saturated heterocycles. The molecule has 96 valence electrons. The number of benzene rings is 1. The molecule has 1 heterocycles. The van der Waals surface area contributed by atoms with Gasteiger partial charge in [-0.25, -0.2) is 9.78 Å². The minimum Gasteiger partial charge on any atom is -0.478 e. The van der Waals surface area contributed by atoms with Crippen LogP contribution in [0.3, 0.4) is 0 Å². The molecule has 0 spiro atoms. The molecule has 5 heteroatoms. The second-order valence-corrected chi connectivity index (χ2v) is 4.62. The van der Waals surface area contributed by atoms with Gasteiger partial charge in [-0.2, -0.15) is 0 Å². The van der Waals surface area contributed by atoms with Crippen LogP contribution in [-0.2, 0) is 6.54 Å². The lowest BCUT2D eigenvalue weighted by Crippen LogP contribution is -2.18. The number of aromatic carboxylic acids is 1. The van der Waals surface area contributed by atoms with Gasteiger partial charge in [0.05, 0.1) is 16.6 Å². The smallest absolute Gasteiger partial charge is 0.335 e. The van der Waals surface area contributed by atoms with E-state index in [1.165, 1.54) is 0 Å². The van der Waals surface area contributed by atoms with E-state index in [2.05, 4.69) is 14.5 Å². The Labute approximate surface area is 106 Å². The second kappa shape index (κ2) is 4.78. The van der Waals surface area contributed by atoms with Gasteiger partial charge in [-0.3, -0.25) is 0 Å². The van der Waals surface area contributed by atoms with Gasteiger partial charge >= 0.3 is 5.97 Å². The van der Waals surface area contributed by atoms with Crippen molar-refractivity contribution >= 4 is 17.0 Å². The topological polar surface area (TPSA) is 58.4 Å². The zero-order chi connectivity index (χ0) is 13.3. The fraction of sp³-hybridized carbons (Fsp3) is 0.385. The number of likely N-dealkylation sites (N-methyl/N-ethyl adjacent to an activating group) is 1. The Hall–Kier alpha value is -1.88. The molecule has 1 N–H and O–H groups in total. The maximum absolute atomic E-state index is 10.9. The van der Waals surface area contributed by atoms with Crippen molar-refractivity contribution < 1.29 is 9.90 Å². The molecule has 0 aliphatic carbocycles. The number of carboxylic acids is 1. The summed E-state index contributed by atoms with van der Waals surface area (Å²) in [5.41, 5.74) is 2.00. The zero-order valence-corrected chi connectivity index (χ0v) is 10.8. The summed E-state index contributed by atoms with van der Waals surface area (Å²) in [4.78, 5) is 17.4. The zero-order valence-electron chi connectivity index (χ0n) is 10.8. The van der Waals surface area contributed by atoms with Crippen molar-refractivity contribution in [3.63, 3.8) is 0 Å². The molecule has 1 aromatic heterocycles. The van der Waals surface area contributed by atoms with Crippen LogP contribution in [0, 0.1) is 6.92 Å². The maximum atomic E-state index is 10.9. The highest BCUT2D eigenvalue weighted by molar-refractivity contribution is 5.92. The predicted molar refractivity (Wildman–Crippen MR) is 70.0 cm³/mol. The van der Waals surface area contributed by atoms with Gasteiger partial charge in [0.25, 0.3) is 0 Å². The standard InChI is InChI=1S/C13H17N3O2/c1-9-14-11-8-10(13(17)18)4-5-12(11)16(9)7-6-15(2)3/h4-5,8H,6-7H2,1-3H3,(H,17,18). The van der Waals surface area contributed by atoms with E-state index in [0.29, 0.717) is 0 Å². The quantitative estimate of drug-likeness (QED) is 0.891. The highest BCUT2D eigenvalue weighted by atomic mass is 16.4. The van der Waals surface area contributed by atoms with E-state index in [4.69, 9.17) is 5.11 Å². The molecule has 18 heavy (non-hydrogen) atoms. The molecule has 0 radical (unpaired) electrons. The third-order valence-electron chi connectivity index (χ3n) is 2.96. The largest absolute Gasteiger partial charge is 0.478 e. The van der Waals surface area contributed by atoms with Gasteiger partial charge in [0, 0.05) is 13.1 Å². The van der Waals surface area contributed by atoms with Gasteiger partial charge in [-0.1, -0.05) is 0 Å². The SMILES string of the molecule is Cc1nc2cc(C(=O)O)ccc2n1CCN(C)C. The molecule has 2 aromatic rings. The lowest BCUT2D eigenvalue weighted by molar-refractivity contribution is 0.0697. The third kappa shape index (κ3) is 2.36. The van der Waals surface area contributed by atoms with Crippen molar-refractivity contribution in [2.45, 2.75) is 13.5 Å². The second-order valence-electron chi connectivity index (χ2n) is 4.62. The summed E-state index contributed by atoms with van der Waals surface area (Å²) in [6.07, 6.45) is 0. The number of carbonyl (C=O) groups is 1. The first-order chi connectivity index (χ1) is 8.49. The Morgan fingerprint density at radius 1 is 1.44 bits per heavy atom. The van der Waals surface area contributed by atoms with Crippen LogP contribution in [0.1, 0.15) is 16.2 Å². The Bertz CT molecular complexity index is 587. The van der Waals surface area contributed by atoms with Crippen molar-refractivity contribution in [3.8, 4) is 0 Å². The van der Waals surface area contributed by atoms with Crippen LogP contribution in [-0.4, -0.2) is 46.2 Å². The summed E-state index contributed by atoms with van der Waals surface area (Å²) in [5, 5.41) is 8.96. The van der Waals surface area contributed by atoms with Gasteiger partial charge in [-0.15, -0.1) is 0 Å². The molecule has 0 aliphatic heterocycles. The highest BCUT2D eigenvalue weighted by Gasteiger charge is 2.10. The molecule has 0 fully saturated rings. The number of aryl methyl sites for hydroxylation is 1. The number of rotatable bonds is 4. The van der Waals surface area contributed by atoms with Gasteiger partial charge in [0.15, 0.2) is 0 Å². The number of nitrogens with zero attached hydrogens (tertiary/aromatic N) is 3. The van der Waals surface area contributed by atoms with Crippen molar-refractivity contribution in [1.29, 1.82) is 0 Å². The average molecular weight is 247 g/mol. The number of fused-ring (bicyclic) bond motifs is 1. The lowest BCUT2D eigenvalue weighted by atomic mass is 10.2. The first kappa shape index (κ1) is 12.6. The van der Waals surface area contributed by atoms with Crippen LogP contribution >= 0.6 is 0 Å². The van der Waals surface area contributed by atoms with E-state index in [1.807, 2.05) is 27.1 Å². The summed E-state index contributed by atoms with van der Waals surface area (Å²) < 4.78 is 2.11. The molecule has 0 amide bonds. The summed E-state index contributed by atoms with van der Waals surface area (Å²) in [6, 6.07) is 5.07. The van der Waals surface area contributed by atoms with Crippen LogP contribution in [0.25, 0.3) is 11.0 Å². The van der Waals surface area contributed by atoms with E-state index < -0.39 is 5.97 Å². The van der Waals surface area contributed by atoms with Gasteiger partial charge in [0.2, 0.25) is 0 Å². The summed E-state index contributed by atoms with van der Waals surface area (Å²) >= 11 is 0. The molecule has 0 unspecified atom stereocenters. The number of hydrogen-bond donors (Lipinski definition) is 1. The number of imidazole rings is 1. The molecule has 0 atom stereocenters. The van der Waals surface area contributed by atoms with E-state index in [9.17, 15) is 4.79 Å². The molecule has 0 aliphatic rings. The van der Waals surface area contributed by atoms with Crippen molar-refractivity contribution in [2.24, 2.45) is 0 Å². The first-order valence-electron chi connectivity index (χ1n) is 5.84. The average Bonchev–Trinajstić information content (AvgIpc) is 2.60. The molecule has 1 aromatic carbocycles. The molecular formula is C13H17N3O2. The summed E-state index contributed by atoms with van der Waals surface area (Å²) in [7, 11) is 4.05. The minimum atomic E-state index is -0.919. The van der Waals surface area contributed by atoms with Gasteiger partial charge < -0.3 is 14.6 Å². The van der Waals surface area contributed by atoms with Crippen molar-refractivity contribution in [2.75, 3.05) is 20.6 Å². The number of carboxylic acid groups (broad SMARTS) is 1. The Kier molecular flexibility index (Phi) is 3.34. The third-order valence-corrected chi connectivity index (χ3v) is 2.96. The molecule has 5 nitrogen and oxygen atoms in total. The minimum absolute atomic E-state index is 0.278. The van der Waals surface area contributed by atoms with Crippen LogP contribution < -0.4 is 0 Å². The Morgan fingerprint density at radius 3 is 2.78 bits per heavy atom. The Balaban J connectivity index is 2.42. The van der Waals surface area contributed by atoms with Crippen LogP contribution in [0.15, 0.2) is 18.2 Å². The fourth-order valence-corrected chi connectivity index (χ4v) is 1.97. The summed E-state index contributed by atoms with van der Waals surface area (Å²) in [6.45, 7) is 3.71. The van der Waals surface area contributed by atoms with E-state index in [0.717, 1.165) is 29.9 Å². The van der Waals surface area contributed by atoms with Crippen LogP contribution in [0.5, 0.6) is 0 Å². The number of aromatic nitrogens is 2. The molecule has 2 rings (SSSR count). The maximum Gasteiger partial charge on any atom is 0.335 e.